The summed E-state index contributed by atoms with van der Waals surface area (Å²) in [4.78, 5) is 0. The van der Waals surface area contributed by atoms with Gasteiger partial charge < -0.3 is 14.8 Å². The summed E-state index contributed by atoms with van der Waals surface area (Å²) in [5.74, 6) is 3.02. The van der Waals surface area contributed by atoms with Gasteiger partial charge in [0.1, 0.15) is 5.75 Å². The number of para-hydroxylation sites is 1. The summed E-state index contributed by atoms with van der Waals surface area (Å²) >= 11 is 1.91. The van der Waals surface area contributed by atoms with Crippen LogP contribution in [0.3, 0.4) is 0 Å². The van der Waals surface area contributed by atoms with E-state index >= 15 is 0 Å². The maximum atomic E-state index is 5.46. The highest BCUT2D eigenvalue weighted by molar-refractivity contribution is 7.99. The van der Waals surface area contributed by atoms with Gasteiger partial charge >= 0.3 is 0 Å². The fourth-order valence-corrected chi connectivity index (χ4v) is 2.86. The van der Waals surface area contributed by atoms with E-state index in [1.807, 2.05) is 23.9 Å². The van der Waals surface area contributed by atoms with Gasteiger partial charge in [0.05, 0.1) is 13.7 Å². The molecule has 0 fully saturated rings. The number of thioether (sulfide) groups is 1. The van der Waals surface area contributed by atoms with Crippen LogP contribution in [0.4, 0.5) is 0 Å². The highest BCUT2D eigenvalue weighted by atomic mass is 32.2. The minimum absolute atomic E-state index is 0.331. The van der Waals surface area contributed by atoms with Crippen molar-refractivity contribution in [3.8, 4) is 5.75 Å². The first-order valence-electron chi connectivity index (χ1n) is 6.76. The number of ether oxygens (including phenoxy) is 2. The molecule has 1 rings (SSSR count). The highest BCUT2D eigenvalue weighted by Gasteiger charge is 2.14. The lowest BCUT2D eigenvalue weighted by atomic mass is 10.1. The smallest absolute Gasteiger partial charge is 0.123 e. The molecule has 0 aliphatic carbocycles. The average molecular weight is 283 g/mol. The second-order valence-electron chi connectivity index (χ2n) is 4.32. The van der Waals surface area contributed by atoms with Gasteiger partial charge in [-0.05, 0) is 19.0 Å². The third kappa shape index (κ3) is 5.85. The van der Waals surface area contributed by atoms with Crippen molar-refractivity contribution in [1.29, 1.82) is 0 Å². The van der Waals surface area contributed by atoms with Gasteiger partial charge in [-0.25, -0.2) is 0 Å². The molecule has 0 saturated heterocycles. The molecule has 0 amide bonds. The fraction of sp³-hybridized carbons (Fsp3) is 0.600. The van der Waals surface area contributed by atoms with Crippen molar-refractivity contribution in [3.63, 3.8) is 0 Å². The molecular formula is C15H25NO2S. The van der Waals surface area contributed by atoms with Crippen molar-refractivity contribution in [2.75, 3.05) is 38.9 Å². The summed E-state index contributed by atoms with van der Waals surface area (Å²) in [7, 11) is 3.47. The molecular weight excluding hydrogens is 258 g/mol. The Hall–Kier alpha value is -0.710. The van der Waals surface area contributed by atoms with Crippen LogP contribution in [0.2, 0.25) is 0 Å². The summed E-state index contributed by atoms with van der Waals surface area (Å²) in [5.41, 5.74) is 1.24. The van der Waals surface area contributed by atoms with Crippen molar-refractivity contribution < 1.29 is 9.47 Å². The molecule has 108 valence electrons. The molecule has 0 radical (unpaired) electrons. The molecule has 19 heavy (non-hydrogen) atoms. The summed E-state index contributed by atoms with van der Waals surface area (Å²) in [5, 5.41) is 3.60. The molecule has 1 N–H and O–H groups in total. The zero-order valence-corrected chi connectivity index (χ0v) is 13.0. The fourth-order valence-electron chi connectivity index (χ4n) is 1.87. The Morgan fingerprint density at radius 3 is 2.74 bits per heavy atom. The van der Waals surface area contributed by atoms with E-state index in [0.717, 1.165) is 36.8 Å². The van der Waals surface area contributed by atoms with Crippen molar-refractivity contribution in [2.45, 2.75) is 19.4 Å². The monoisotopic (exact) mass is 283 g/mol. The van der Waals surface area contributed by atoms with Crippen LogP contribution in [0, 0.1) is 0 Å². The van der Waals surface area contributed by atoms with Gasteiger partial charge in [-0.15, -0.1) is 0 Å². The quantitative estimate of drug-likeness (QED) is 0.668. The lowest BCUT2D eigenvalue weighted by molar-refractivity contribution is 0.218. The van der Waals surface area contributed by atoms with Crippen molar-refractivity contribution in [3.05, 3.63) is 29.8 Å². The van der Waals surface area contributed by atoms with E-state index in [1.165, 1.54) is 5.56 Å². The van der Waals surface area contributed by atoms with Gasteiger partial charge in [-0.2, -0.15) is 11.8 Å². The van der Waals surface area contributed by atoms with E-state index in [-0.39, 0.29) is 0 Å². The Balaban J connectivity index is 2.65. The van der Waals surface area contributed by atoms with E-state index in [9.17, 15) is 0 Å². The zero-order chi connectivity index (χ0) is 13.9. The molecule has 0 aliphatic rings. The zero-order valence-electron chi connectivity index (χ0n) is 12.1. The third-order valence-corrected chi connectivity index (χ3v) is 3.90. The minimum atomic E-state index is 0.331. The number of methoxy groups -OCH3 is 2. The van der Waals surface area contributed by atoms with E-state index in [0.29, 0.717) is 6.04 Å². The second-order valence-corrected chi connectivity index (χ2v) is 5.47. The minimum Gasteiger partial charge on any atom is -0.496 e. The Kier molecular flexibility index (Phi) is 8.71. The normalized spacial score (nSPS) is 12.4. The lowest BCUT2D eigenvalue weighted by Gasteiger charge is -2.21. The van der Waals surface area contributed by atoms with Gasteiger partial charge in [0.15, 0.2) is 0 Å². The molecule has 0 aromatic heterocycles. The average Bonchev–Trinajstić information content (AvgIpc) is 2.46. The van der Waals surface area contributed by atoms with Crippen molar-refractivity contribution >= 4 is 11.8 Å². The largest absolute Gasteiger partial charge is 0.496 e. The molecule has 0 bridgehead atoms. The highest BCUT2D eigenvalue weighted by Crippen LogP contribution is 2.27. The predicted molar refractivity (Wildman–Crippen MR) is 83.2 cm³/mol. The number of hydrogen-bond donors (Lipinski definition) is 1. The summed E-state index contributed by atoms with van der Waals surface area (Å²) in [6.45, 7) is 4.01. The van der Waals surface area contributed by atoms with Crippen LogP contribution in [-0.4, -0.2) is 38.9 Å². The van der Waals surface area contributed by atoms with Crippen molar-refractivity contribution in [2.24, 2.45) is 0 Å². The molecule has 0 heterocycles. The SMILES string of the molecule is CCCNC(CSCCOC)c1ccccc1OC. The van der Waals surface area contributed by atoms with Crippen LogP contribution in [-0.2, 0) is 4.74 Å². The van der Waals surface area contributed by atoms with Crippen LogP contribution in [0.5, 0.6) is 5.75 Å². The molecule has 0 saturated carbocycles. The van der Waals surface area contributed by atoms with Gasteiger partial charge in [-0.3, -0.25) is 0 Å². The van der Waals surface area contributed by atoms with Gasteiger partial charge in [-0.1, -0.05) is 25.1 Å². The number of benzene rings is 1. The van der Waals surface area contributed by atoms with Crippen LogP contribution in [0.25, 0.3) is 0 Å². The molecule has 1 aromatic rings. The van der Waals surface area contributed by atoms with Crippen LogP contribution in [0.1, 0.15) is 24.9 Å². The third-order valence-electron chi connectivity index (χ3n) is 2.87. The molecule has 3 nitrogen and oxygen atoms in total. The first kappa shape index (κ1) is 16.3. The lowest BCUT2D eigenvalue weighted by Crippen LogP contribution is -2.25. The maximum absolute atomic E-state index is 5.46. The Labute approximate surface area is 121 Å². The number of hydrogen-bond acceptors (Lipinski definition) is 4. The molecule has 1 atom stereocenters. The second kappa shape index (κ2) is 10.1. The van der Waals surface area contributed by atoms with E-state index in [4.69, 9.17) is 9.47 Å². The van der Waals surface area contributed by atoms with Gasteiger partial charge in [0.25, 0.3) is 0 Å². The Bertz CT molecular complexity index is 347. The molecule has 1 aromatic carbocycles. The maximum Gasteiger partial charge on any atom is 0.123 e. The topological polar surface area (TPSA) is 30.5 Å². The Morgan fingerprint density at radius 2 is 2.05 bits per heavy atom. The van der Waals surface area contributed by atoms with Gasteiger partial charge in [0.2, 0.25) is 0 Å². The van der Waals surface area contributed by atoms with Crippen molar-refractivity contribution in [1.82, 2.24) is 5.32 Å². The number of rotatable bonds is 10. The molecule has 4 heteroatoms. The summed E-state index contributed by atoms with van der Waals surface area (Å²) in [6.07, 6.45) is 1.13. The van der Waals surface area contributed by atoms with E-state index in [1.54, 1.807) is 14.2 Å². The first-order valence-corrected chi connectivity index (χ1v) is 7.91. The summed E-state index contributed by atoms with van der Waals surface area (Å²) in [6, 6.07) is 8.58. The Morgan fingerprint density at radius 1 is 1.26 bits per heavy atom. The first-order chi connectivity index (χ1) is 9.33. The van der Waals surface area contributed by atoms with E-state index < -0.39 is 0 Å². The predicted octanol–water partition coefficient (Wildman–Crippen LogP) is 3.12. The number of nitrogens with one attached hydrogen (secondary N) is 1. The molecule has 0 aliphatic heterocycles. The van der Waals surface area contributed by atoms with Crippen LogP contribution >= 0.6 is 11.8 Å². The molecule has 1 unspecified atom stereocenters. The summed E-state index contributed by atoms with van der Waals surface area (Å²) < 4.78 is 10.5. The van der Waals surface area contributed by atoms with Gasteiger partial charge in [0, 0.05) is 30.2 Å². The standard InChI is InChI=1S/C15H25NO2S/c1-4-9-16-14(12-19-11-10-17-2)13-7-5-6-8-15(13)18-3/h5-8,14,16H,4,9-12H2,1-3H3. The van der Waals surface area contributed by atoms with Crippen LogP contribution in [0.15, 0.2) is 24.3 Å². The van der Waals surface area contributed by atoms with Crippen LogP contribution < -0.4 is 10.1 Å². The molecule has 0 spiro atoms. The van der Waals surface area contributed by atoms with E-state index in [2.05, 4.69) is 24.4 Å².